The molecule has 0 saturated carbocycles. The number of hydrogen-bond donors (Lipinski definition) is 1. The van der Waals surface area contributed by atoms with Crippen LogP contribution in [0.3, 0.4) is 0 Å². The second-order valence-corrected chi connectivity index (χ2v) is 6.02. The first-order valence-electron chi connectivity index (χ1n) is 6.59. The Morgan fingerprint density at radius 1 is 1.42 bits per heavy atom. The van der Waals surface area contributed by atoms with Crippen LogP contribution in [0.1, 0.15) is 12.8 Å². The number of ether oxygens (including phenoxy) is 2. The van der Waals surface area contributed by atoms with Crippen LogP contribution in [-0.2, 0) is 9.47 Å². The highest BCUT2D eigenvalue weighted by Gasteiger charge is 2.34. The molecule has 0 aromatic heterocycles. The summed E-state index contributed by atoms with van der Waals surface area (Å²) in [5, 5.41) is 19.1. The van der Waals surface area contributed by atoms with Crippen molar-refractivity contribution in [3.63, 3.8) is 0 Å². The van der Waals surface area contributed by atoms with Gasteiger partial charge in [-0.25, -0.2) is 0 Å². The van der Waals surface area contributed by atoms with Gasteiger partial charge < -0.3 is 19.5 Å². The smallest absolute Gasteiger partial charge is 0.104 e. The molecule has 1 aliphatic heterocycles. The zero-order valence-corrected chi connectivity index (χ0v) is 12.6. The Balaban J connectivity index is 2.20. The van der Waals surface area contributed by atoms with Gasteiger partial charge in [-0.1, -0.05) is 0 Å². The number of aliphatic hydroxyl groups excluding tert-OH is 1. The first kappa shape index (κ1) is 16.7. The van der Waals surface area contributed by atoms with E-state index < -0.39 is 6.10 Å². The second kappa shape index (κ2) is 8.77. The van der Waals surface area contributed by atoms with Crippen molar-refractivity contribution in [2.45, 2.75) is 23.7 Å². The van der Waals surface area contributed by atoms with Crippen LogP contribution in [-0.4, -0.2) is 73.7 Å². The Bertz CT molecular complexity index is 288. The van der Waals surface area contributed by atoms with Crippen LogP contribution in [0.15, 0.2) is 0 Å². The van der Waals surface area contributed by atoms with Crippen molar-refractivity contribution < 1.29 is 14.6 Å². The minimum atomic E-state index is -0.472. The molecule has 1 atom stereocenters. The second-order valence-electron chi connectivity index (χ2n) is 4.83. The third kappa shape index (κ3) is 5.67. The summed E-state index contributed by atoms with van der Waals surface area (Å²) < 4.78 is 9.95. The number of hydrogen-bond acceptors (Lipinski definition) is 6. The molecule has 0 amide bonds. The van der Waals surface area contributed by atoms with Gasteiger partial charge in [0.05, 0.1) is 32.0 Å². The van der Waals surface area contributed by atoms with Crippen molar-refractivity contribution >= 4 is 11.8 Å². The SMILES string of the molecule is COCCOCC(O)CN1CCC(C#N)(SC)CC1. The van der Waals surface area contributed by atoms with Gasteiger partial charge in [0.15, 0.2) is 0 Å². The number of likely N-dealkylation sites (tertiary alicyclic amines) is 1. The fraction of sp³-hybridized carbons (Fsp3) is 0.923. The number of aliphatic hydroxyl groups is 1. The van der Waals surface area contributed by atoms with E-state index in [9.17, 15) is 10.4 Å². The normalized spacial score (nSPS) is 20.9. The lowest BCUT2D eigenvalue weighted by Gasteiger charge is -2.36. The Morgan fingerprint density at radius 3 is 2.63 bits per heavy atom. The van der Waals surface area contributed by atoms with Crippen molar-refractivity contribution in [3.8, 4) is 6.07 Å². The van der Waals surface area contributed by atoms with Gasteiger partial charge in [0.2, 0.25) is 0 Å². The fourth-order valence-electron chi connectivity index (χ4n) is 2.17. The largest absolute Gasteiger partial charge is 0.389 e. The maximum atomic E-state index is 9.87. The molecule has 1 aliphatic rings. The van der Waals surface area contributed by atoms with Gasteiger partial charge in [-0.2, -0.15) is 5.26 Å². The van der Waals surface area contributed by atoms with Crippen molar-refractivity contribution in [2.24, 2.45) is 0 Å². The Morgan fingerprint density at radius 2 is 2.11 bits per heavy atom. The van der Waals surface area contributed by atoms with Crippen LogP contribution in [0.4, 0.5) is 0 Å². The van der Waals surface area contributed by atoms with E-state index in [2.05, 4.69) is 11.0 Å². The zero-order valence-electron chi connectivity index (χ0n) is 11.8. The van der Waals surface area contributed by atoms with Gasteiger partial charge in [0.1, 0.15) is 4.75 Å². The minimum Gasteiger partial charge on any atom is -0.389 e. The summed E-state index contributed by atoms with van der Waals surface area (Å²) in [6, 6.07) is 2.42. The fourth-order valence-corrected chi connectivity index (χ4v) is 2.85. The van der Waals surface area contributed by atoms with Crippen LogP contribution in [0.5, 0.6) is 0 Å². The minimum absolute atomic E-state index is 0.226. The van der Waals surface area contributed by atoms with E-state index in [0.29, 0.717) is 26.4 Å². The van der Waals surface area contributed by atoms with Gasteiger partial charge >= 0.3 is 0 Å². The van der Waals surface area contributed by atoms with Crippen molar-refractivity contribution in [1.29, 1.82) is 5.26 Å². The molecule has 0 aromatic rings. The van der Waals surface area contributed by atoms with Crippen molar-refractivity contribution in [3.05, 3.63) is 0 Å². The van der Waals surface area contributed by atoms with Crippen LogP contribution >= 0.6 is 11.8 Å². The van der Waals surface area contributed by atoms with E-state index in [1.807, 2.05) is 6.26 Å². The number of methoxy groups -OCH3 is 1. The summed E-state index contributed by atoms with van der Waals surface area (Å²) in [7, 11) is 1.63. The summed E-state index contributed by atoms with van der Waals surface area (Å²) in [4.78, 5) is 2.20. The van der Waals surface area contributed by atoms with Crippen molar-refractivity contribution in [1.82, 2.24) is 4.90 Å². The first-order chi connectivity index (χ1) is 9.15. The number of nitrogens with zero attached hydrogens (tertiary/aromatic N) is 2. The molecule has 19 heavy (non-hydrogen) atoms. The summed E-state index contributed by atoms with van der Waals surface area (Å²) in [5.41, 5.74) is 0. The third-order valence-corrected chi connectivity index (χ3v) is 4.75. The van der Waals surface area contributed by atoms with E-state index >= 15 is 0 Å². The van der Waals surface area contributed by atoms with Gasteiger partial charge in [-0.15, -0.1) is 11.8 Å². The summed E-state index contributed by atoms with van der Waals surface area (Å²) in [5.74, 6) is 0. The lowest BCUT2D eigenvalue weighted by Crippen LogP contribution is -2.45. The molecule has 1 N–H and O–H groups in total. The topological polar surface area (TPSA) is 65.7 Å². The Labute approximate surface area is 119 Å². The molecular formula is C13H24N2O3S. The average Bonchev–Trinajstić information content (AvgIpc) is 2.45. The molecule has 0 aliphatic carbocycles. The molecule has 1 saturated heterocycles. The molecule has 1 rings (SSSR count). The molecule has 6 heteroatoms. The first-order valence-corrected chi connectivity index (χ1v) is 7.82. The van der Waals surface area contributed by atoms with Crippen molar-refractivity contribution in [2.75, 3.05) is 52.8 Å². The molecule has 1 fully saturated rings. The summed E-state index contributed by atoms with van der Waals surface area (Å²) >= 11 is 1.64. The molecule has 0 aromatic carbocycles. The molecule has 0 radical (unpaired) electrons. The maximum absolute atomic E-state index is 9.87. The average molecular weight is 288 g/mol. The lowest BCUT2D eigenvalue weighted by molar-refractivity contribution is -0.00310. The predicted octanol–water partition coefficient (Wildman–Crippen LogP) is 0.731. The number of thioether (sulfide) groups is 1. The number of rotatable bonds is 8. The highest BCUT2D eigenvalue weighted by Crippen LogP contribution is 2.33. The van der Waals surface area contributed by atoms with Crippen LogP contribution in [0.25, 0.3) is 0 Å². The number of nitriles is 1. The molecule has 0 spiro atoms. The van der Waals surface area contributed by atoms with E-state index in [4.69, 9.17) is 9.47 Å². The van der Waals surface area contributed by atoms with Crippen LogP contribution < -0.4 is 0 Å². The molecule has 1 unspecified atom stereocenters. The lowest BCUT2D eigenvalue weighted by atomic mass is 9.97. The van der Waals surface area contributed by atoms with E-state index in [0.717, 1.165) is 25.9 Å². The predicted molar refractivity (Wildman–Crippen MR) is 76.2 cm³/mol. The quantitative estimate of drug-likeness (QED) is 0.664. The number of β-amino-alcohol motifs (C(OH)–C–C–N with tert-alkyl or cyclic N) is 1. The number of piperidine rings is 1. The van der Waals surface area contributed by atoms with E-state index in [1.54, 1.807) is 18.9 Å². The molecule has 110 valence electrons. The van der Waals surface area contributed by atoms with Gasteiger partial charge in [0, 0.05) is 26.7 Å². The van der Waals surface area contributed by atoms with Crippen LogP contribution in [0, 0.1) is 11.3 Å². The summed E-state index contributed by atoms with van der Waals surface area (Å²) in [6.07, 6.45) is 3.25. The Hall–Kier alpha value is -0.320. The highest BCUT2D eigenvalue weighted by atomic mass is 32.2. The molecular weight excluding hydrogens is 264 g/mol. The van der Waals surface area contributed by atoms with Crippen LogP contribution in [0.2, 0.25) is 0 Å². The molecule has 0 bridgehead atoms. The summed E-state index contributed by atoms with van der Waals surface area (Å²) in [6.45, 7) is 3.74. The standard InChI is InChI=1S/C13H24N2O3S/c1-17-7-8-18-10-12(16)9-15-5-3-13(11-14,19-2)4-6-15/h12,16H,3-10H2,1-2H3. The maximum Gasteiger partial charge on any atom is 0.104 e. The van der Waals surface area contributed by atoms with E-state index in [1.165, 1.54) is 0 Å². The monoisotopic (exact) mass is 288 g/mol. The zero-order chi connectivity index (χ0) is 14.1. The highest BCUT2D eigenvalue weighted by molar-refractivity contribution is 8.00. The van der Waals surface area contributed by atoms with Gasteiger partial charge in [-0.05, 0) is 19.1 Å². The van der Waals surface area contributed by atoms with E-state index in [-0.39, 0.29) is 4.75 Å². The Kier molecular flexibility index (Phi) is 7.73. The van der Waals surface area contributed by atoms with Gasteiger partial charge in [-0.3, -0.25) is 0 Å². The van der Waals surface area contributed by atoms with Gasteiger partial charge in [0.25, 0.3) is 0 Å². The third-order valence-electron chi connectivity index (χ3n) is 3.47. The molecule has 5 nitrogen and oxygen atoms in total. The molecule has 1 heterocycles.